The summed E-state index contributed by atoms with van der Waals surface area (Å²) in [6.07, 6.45) is 3.22. The van der Waals surface area contributed by atoms with Crippen molar-refractivity contribution in [2.45, 2.75) is 19.8 Å². The summed E-state index contributed by atoms with van der Waals surface area (Å²) < 4.78 is 0. The van der Waals surface area contributed by atoms with Crippen LogP contribution < -0.4 is 15.5 Å². The van der Waals surface area contributed by atoms with Crippen molar-refractivity contribution in [2.24, 2.45) is 11.8 Å². The molecule has 0 unspecified atom stereocenters. The van der Waals surface area contributed by atoms with Crippen LogP contribution in [0, 0.1) is 11.8 Å². The number of benzene rings is 3. The van der Waals surface area contributed by atoms with Crippen LogP contribution in [0.2, 0.25) is 0 Å². The van der Waals surface area contributed by atoms with Crippen molar-refractivity contribution in [3.63, 3.8) is 0 Å². The molecule has 1 aliphatic carbocycles. The molecule has 1 saturated heterocycles. The molecule has 0 saturated carbocycles. The van der Waals surface area contributed by atoms with Gasteiger partial charge in [-0.05, 0) is 74.4 Å². The minimum atomic E-state index is -0.366. The number of amides is 4. The highest BCUT2D eigenvalue weighted by Crippen LogP contribution is 2.39. The van der Waals surface area contributed by atoms with Gasteiger partial charge in [-0.25, -0.2) is 0 Å². The summed E-state index contributed by atoms with van der Waals surface area (Å²) in [6, 6.07) is 22.2. The summed E-state index contributed by atoms with van der Waals surface area (Å²) in [7, 11) is 0. The maximum Gasteiger partial charge on any atom is 0.255 e. The van der Waals surface area contributed by atoms with Crippen LogP contribution in [0.1, 0.15) is 40.5 Å². The molecule has 36 heavy (non-hydrogen) atoms. The molecule has 7 heteroatoms. The average molecular weight is 480 g/mol. The van der Waals surface area contributed by atoms with Crippen molar-refractivity contribution in [1.82, 2.24) is 0 Å². The lowest BCUT2D eigenvalue weighted by molar-refractivity contribution is -0.122. The third kappa shape index (κ3) is 4.55. The second-order valence-electron chi connectivity index (χ2n) is 9.12. The smallest absolute Gasteiger partial charge is 0.255 e. The fourth-order valence-corrected chi connectivity index (χ4v) is 4.72. The Hall–Kier alpha value is -4.52. The van der Waals surface area contributed by atoms with E-state index < -0.39 is 0 Å². The zero-order chi connectivity index (χ0) is 25.2. The summed E-state index contributed by atoms with van der Waals surface area (Å²) in [5.74, 6) is -1.63. The first kappa shape index (κ1) is 23.2. The van der Waals surface area contributed by atoms with E-state index in [0.717, 1.165) is 5.57 Å². The molecule has 4 amide bonds. The van der Waals surface area contributed by atoms with E-state index in [0.29, 0.717) is 41.0 Å². The molecular weight excluding hydrogens is 454 g/mol. The number of hydrogen-bond acceptors (Lipinski definition) is 4. The number of allylic oxidation sites excluding steroid dienone is 2. The van der Waals surface area contributed by atoms with Crippen molar-refractivity contribution < 1.29 is 19.2 Å². The molecule has 0 spiro atoms. The molecule has 1 fully saturated rings. The van der Waals surface area contributed by atoms with Crippen LogP contribution in [0.25, 0.3) is 0 Å². The maximum absolute atomic E-state index is 12.9. The highest BCUT2D eigenvalue weighted by Gasteiger charge is 2.48. The lowest BCUT2D eigenvalue weighted by Gasteiger charge is -2.18. The Labute approximate surface area is 208 Å². The van der Waals surface area contributed by atoms with Gasteiger partial charge in [0.2, 0.25) is 11.8 Å². The number of imide groups is 1. The van der Waals surface area contributed by atoms with E-state index in [1.54, 1.807) is 60.7 Å². The highest BCUT2D eigenvalue weighted by atomic mass is 16.2. The Morgan fingerprint density at radius 2 is 1.39 bits per heavy atom. The third-order valence-electron chi connectivity index (χ3n) is 6.62. The zero-order valence-corrected chi connectivity index (χ0v) is 19.7. The van der Waals surface area contributed by atoms with Gasteiger partial charge in [0.15, 0.2) is 0 Å². The lowest BCUT2D eigenvalue weighted by atomic mass is 9.82. The standard InChI is InChI=1S/C29H25N3O4/c1-18-10-15-24-25(16-18)29(36)32(28(24)35)23-13-11-19(12-14-23)26(33)31-22-9-5-6-20(17-22)27(34)30-21-7-3-2-4-8-21/h2-14,17,24-25H,15-16H2,1H3,(H,30,34)(H,31,33)/t24-,25-/m0/s1. The topological polar surface area (TPSA) is 95.6 Å². The molecule has 3 aromatic carbocycles. The monoisotopic (exact) mass is 479 g/mol. The number of nitrogens with zero attached hydrogens (tertiary/aromatic N) is 1. The van der Waals surface area contributed by atoms with E-state index in [2.05, 4.69) is 10.6 Å². The molecule has 5 rings (SSSR count). The van der Waals surface area contributed by atoms with E-state index >= 15 is 0 Å². The molecule has 0 aromatic heterocycles. The second-order valence-corrected chi connectivity index (χ2v) is 9.12. The van der Waals surface area contributed by atoms with Gasteiger partial charge in [-0.1, -0.05) is 35.9 Å². The van der Waals surface area contributed by atoms with Gasteiger partial charge in [-0.15, -0.1) is 0 Å². The zero-order valence-electron chi connectivity index (χ0n) is 19.7. The fraction of sp³-hybridized carbons (Fsp3) is 0.172. The number of carbonyl (C=O) groups is 4. The van der Waals surface area contributed by atoms with Gasteiger partial charge >= 0.3 is 0 Å². The predicted molar refractivity (Wildman–Crippen MR) is 138 cm³/mol. The first-order chi connectivity index (χ1) is 17.4. The molecule has 2 N–H and O–H groups in total. The first-order valence-electron chi connectivity index (χ1n) is 11.8. The Balaban J connectivity index is 1.26. The number of carbonyl (C=O) groups excluding carboxylic acids is 4. The van der Waals surface area contributed by atoms with Gasteiger partial charge in [0.05, 0.1) is 17.5 Å². The number of hydrogen-bond donors (Lipinski definition) is 2. The average Bonchev–Trinajstić information content (AvgIpc) is 3.13. The molecule has 1 aliphatic heterocycles. The molecule has 180 valence electrons. The van der Waals surface area contributed by atoms with Crippen LogP contribution in [0.3, 0.4) is 0 Å². The Kier molecular flexibility index (Phi) is 6.21. The van der Waals surface area contributed by atoms with Gasteiger partial charge in [-0.2, -0.15) is 0 Å². The van der Waals surface area contributed by atoms with E-state index in [-0.39, 0.29) is 35.5 Å². The molecule has 7 nitrogen and oxygen atoms in total. The van der Waals surface area contributed by atoms with Crippen molar-refractivity contribution in [3.8, 4) is 0 Å². The SMILES string of the molecule is CC1=CC[C@@H]2C(=O)N(c3ccc(C(=O)Nc4cccc(C(=O)Nc5ccccc5)c4)cc3)C(=O)[C@H]2C1. The van der Waals surface area contributed by atoms with Crippen LogP contribution in [-0.2, 0) is 9.59 Å². The van der Waals surface area contributed by atoms with Crippen LogP contribution >= 0.6 is 0 Å². The molecule has 3 aromatic rings. The fourth-order valence-electron chi connectivity index (χ4n) is 4.72. The molecule has 0 bridgehead atoms. The van der Waals surface area contributed by atoms with Crippen molar-refractivity contribution in [2.75, 3.05) is 15.5 Å². The van der Waals surface area contributed by atoms with Gasteiger partial charge < -0.3 is 10.6 Å². The molecule has 2 aliphatic rings. The quantitative estimate of drug-likeness (QED) is 0.396. The Morgan fingerprint density at radius 1 is 0.750 bits per heavy atom. The van der Waals surface area contributed by atoms with Gasteiger partial charge in [-0.3, -0.25) is 24.1 Å². The van der Waals surface area contributed by atoms with Gasteiger partial charge in [0.25, 0.3) is 11.8 Å². The Bertz CT molecular complexity index is 1380. The van der Waals surface area contributed by atoms with Crippen LogP contribution in [0.5, 0.6) is 0 Å². The van der Waals surface area contributed by atoms with Crippen LogP contribution in [0.4, 0.5) is 17.1 Å². The van der Waals surface area contributed by atoms with Crippen molar-refractivity contribution in [3.05, 3.63) is 102 Å². The highest BCUT2D eigenvalue weighted by molar-refractivity contribution is 6.22. The second kappa shape index (κ2) is 9.62. The molecule has 0 radical (unpaired) electrons. The minimum Gasteiger partial charge on any atom is -0.322 e. The maximum atomic E-state index is 12.9. The van der Waals surface area contributed by atoms with Crippen molar-refractivity contribution >= 4 is 40.7 Å². The summed E-state index contributed by atoms with van der Waals surface area (Å²) in [6.45, 7) is 1.98. The van der Waals surface area contributed by atoms with E-state index in [4.69, 9.17) is 0 Å². The van der Waals surface area contributed by atoms with Crippen LogP contribution in [-0.4, -0.2) is 23.6 Å². The summed E-state index contributed by atoms with van der Waals surface area (Å²) in [4.78, 5) is 52.4. The number of anilines is 3. The number of fused-ring (bicyclic) bond motifs is 1. The Morgan fingerprint density at radius 3 is 2.14 bits per heavy atom. The number of para-hydroxylation sites is 1. The van der Waals surface area contributed by atoms with E-state index in [1.165, 1.54) is 4.90 Å². The van der Waals surface area contributed by atoms with E-state index in [1.807, 2.05) is 31.2 Å². The van der Waals surface area contributed by atoms with Crippen molar-refractivity contribution in [1.29, 1.82) is 0 Å². The minimum absolute atomic E-state index is 0.180. The molecule has 1 heterocycles. The van der Waals surface area contributed by atoms with Gasteiger partial charge in [0, 0.05) is 22.5 Å². The number of rotatable bonds is 5. The normalized spacial score (nSPS) is 18.9. The van der Waals surface area contributed by atoms with Gasteiger partial charge in [0.1, 0.15) is 0 Å². The molecule has 2 atom stereocenters. The summed E-state index contributed by atoms with van der Waals surface area (Å²) >= 11 is 0. The number of nitrogens with one attached hydrogen (secondary N) is 2. The summed E-state index contributed by atoms with van der Waals surface area (Å²) in [5.41, 5.74) is 3.52. The summed E-state index contributed by atoms with van der Waals surface area (Å²) in [5, 5.41) is 5.61. The predicted octanol–water partition coefficient (Wildman–Crippen LogP) is 5.04. The largest absolute Gasteiger partial charge is 0.322 e. The molecular formula is C29H25N3O4. The van der Waals surface area contributed by atoms with Crippen LogP contribution in [0.15, 0.2) is 90.5 Å². The lowest BCUT2D eigenvalue weighted by Crippen LogP contribution is -2.30. The first-order valence-corrected chi connectivity index (χ1v) is 11.8. The van der Waals surface area contributed by atoms with E-state index in [9.17, 15) is 19.2 Å². The third-order valence-corrected chi connectivity index (χ3v) is 6.62.